The van der Waals surface area contributed by atoms with Crippen molar-refractivity contribution in [3.05, 3.63) is 78.5 Å². The predicted octanol–water partition coefficient (Wildman–Crippen LogP) is 5.03. The van der Waals surface area contributed by atoms with Crippen LogP contribution >= 0.6 is 0 Å². The molecule has 1 unspecified atom stereocenters. The van der Waals surface area contributed by atoms with Gasteiger partial charge in [0.15, 0.2) is 0 Å². The molecular formula is C21H24N4. The molecule has 0 fully saturated rings. The first-order valence-corrected chi connectivity index (χ1v) is 8.72. The zero-order chi connectivity index (χ0) is 17.5. The molecule has 0 amide bonds. The number of hydrogen-bond donors (Lipinski definition) is 1. The molecule has 0 spiro atoms. The average Bonchev–Trinajstić information content (AvgIpc) is 2.67. The standard InChI is InChI=1S/C21H24N4/c1-3-17(2)23-20-14-15-22-21(24-20)25(19-12-8-5-9-13-19)16-18-10-6-4-7-11-18/h4-15,17H,3,16H2,1-2H3,(H,22,23,24). The molecule has 0 aliphatic heterocycles. The molecule has 4 heteroatoms. The molecule has 0 aliphatic carbocycles. The SMILES string of the molecule is CCC(C)Nc1ccnc(N(Cc2ccccc2)c2ccccc2)n1. The summed E-state index contributed by atoms with van der Waals surface area (Å²) in [5.74, 6) is 1.55. The van der Waals surface area contributed by atoms with E-state index in [-0.39, 0.29) is 0 Å². The van der Waals surface area contributed by atoms with Crippen LogP contribution in [0.4, 0.5) is 17.5 Å². The fourth-order valence-electron chi connectivity index (χ4n) is 2.56. The Morgan fingerprint density at radius 3 is 2.32 bits per heavy atom. The second-order valence-corrected chi connectivity index (χ2v) is 6.10. The topological polar surface area (TPSA) is 41.1 Å². The summed E-state index contributed by atoms with van der Waals surface area (Å²) in [7, 11) is 0. The zero-order valence-corrected chi connectivity index (χ0v) is 14.8. The number of benzene rings is 2. The number of hydrogen-bond acceptors (Lipinski definition) is 4. The maximum absolute atomic E-state index is 4.74. The van der Waals surface area contributed by atoms with Crippen LogP contribution in [0.1, 0.15) is 25.8 Å². The first-order valence-electron chi connectivity index (χ1n) is 8.72. The minimum Gasteiger partial charge on any atom is -0.367 e. The lowest BCUT2D eigenvalue weighted by Crippen LogP contribution is -2.20. The van der Waals surface area contributed by atoms with E-state index in [1.54, 1.807) is 0 Å². The molecule has 128 valence electrons. The molecule has 1 N–H and O–H groups in total. The minimum atomic E-state index is 0.377. The Morgan fingerprint density at radius 1 is 0.960 bits per heavy atom. The van der Waals surface area contributed by atoms with Gasteiger partial charge in [0.25, 0.3) is 0 Å². The number of rotatable bonds is 7. The van der Waals surface area contributed by atoms with Gasteiger partial charge < -0.3 is 10.2 Å². The van der Waals surface area contributed by atoms with E-state index in [9.17, 15) is 0 Å². The van der Waals surface area contributed by atoms with Crippen LogP contribution in [0.3, 0.4) is 0 Å². The molecule has 3 aromatic rings. The third kappa shape index (κ3) is 4.57. The Kier molecular flexibility index (Phi) is 5.62. The fourth-order valence-corrected chi connectivity index (χ4v) is 2.56. The second kappa shape index (κ2) is 8.29. The summed E-state index contributed by atoms with van der Waals surface area (Å²) in [6.07, 6.45) is 2.86. The highest BCUT2D eigenvalue weighted by atomic mass is 15.3. The van der Waals surface area contributed by atoms with Crippen molar-refractivity contribution in [2.24, 2.45) is 0 Å². The lowest BCUT2D eigenvalue weighted by atomic mass is 10.2. The molecule has 0 bridgehead atoms. The summed E-state index contributed by atoms with van der Waals surface area (Å²) in [5, 5.41) is 3.42. The van der Waals surface area contributed by atoms with Gasteiger partial charge in [0.1, 0.15) is 5.82 Å². The van der Waals surface area contributed by atoms with Crippen molar-refractivity contribution in [1.82, 2.24) is 9.97 Å². The van der Waals surface area contributed by atoms with Gasteiger partial charge in [-0.3, -0.25) is 0 Å². The molecule has 1 aromatic heterocycles. The lowest BCUT2D eigenvalue weighted by molar-refractivity contribution is 0.757. The first-order chi connectivity index (χ1) is 12.3. The van der Waals surface area contributed by atoms with Crippen LogP contribution in [0, 0.1) is 0 Å². The van der Waals surface area contributed by atoms with Crippen LogP contribution < -0.4 is 10.2 Å². The molecule has 3 rings (SSSR count). The Hall–Kier alpha value is -2.88. The highest BCUT2D eigenvalue weighted by Crippen LogP contribution is 2.25. The van der Waals surface area contributed by atoms with E-state index in [4.69, 9.17) is 4.98 Å². The van der Waals surface area contributed by atoms with Gasteiger partial charge in [-0.1, -0.05) is 55.5 Å². The van der Waals surface area contributed by atoms with Crippen molar-refractivity contribution in [2.45, 2.75) is 32.9 Å². The molecule has 1 atom stereocenters. The Bertz CT molecular complexity index is 774. The van der Waals surface area contributed by atoms with Gasteiger partial charge in [-0.05, 0) is 37.1 Å². The van der Waals surface area contributed by atoms with E-state index in [2.05, 4.69) is 65.4 Å². The molecule has 0 saturated carbocycles. The third-order valence-corrected chi connectivity index (χ3v) is 4.14. The summed E-state index contributed by atoms with van der Waals surface area (Å²) >= 11 is 0. The molecule has 0 saturated heterocycles. The van der Waals surface area contributed by atoms with Gasteiger partial charge in [0.2, 0.25) is 5.95 Å². The van der Waals surface area contributed by atoms with Crippen LogP contribution in [0.25, 0.3) is 0 Å². The number of aromatic nitrogens is 2. The van der Waals surface area contributed by atoms with Crippen molar-refractivity contribution in [3.63, 3.8) is 0 Å². The van der Waals surface area contributed by atoms with Crippen molar-refractivity contribution in [3.8, 4) is 0 Å². The molecule has 4 nitrogen and oxygen atoms in total. The smallest absolute Gasteiger partial charge is 0.232 e. The van der Waals surface area contributed by atoms with E-state index >= 15 is 0 Å². The van der Waals surface area contributed by atoms with E-state index in [1.807, 2.05) is 36.5 Å². The van der Waals surface area contributed by atoms with Crippen LogP contribution in [0.5, 0.6) is 0 Å². The highest BCUT2D eigenvalue weighted by molar-refractivity contribution is 5.58. The molecule has 0 radical (unpaired) electrons. The van der Waals surface area contributed by atoms with Gasteiger partial charge in [0, 0.05) is 17.9 Å². The number of para-hydroxylation sites is 1. The van der Waals surface area contributed by atoms with Gasteiger partial charge in [-0.25, -0.2) is 4.98 Å². The highest BCUT2D eigenvalue weighted by Gasteiger charge is 2.14. The fraction of sp³-hybridized carbons (Fsp3) is 0.238. The summed E-state index contributed by atoms with van der Waals surface area (Å²) < 4.78 is 0. The van der Waals surface area contributed by atoms with Gasteiger partial charge in [-0.15, -0.1) is 0 Å². The zero-order valence-electron chi connectivity index (χ0n) is 14.8. The Morgan fingerprint density at radius 2 is 1.64 bits per heavy atom. The van der Waals surface area contributed by atoms with Crippen LogP contribution in [0.2, 0.25) is 0 Å². The summed E-state index contributed by atoms with van der Waals surface area (Å²) in [6, 6.07) is 22.9. The van der Waals surface area contributed by atoms with Crippen molar-refractivity contribution >= 4 is 17.5 Å². The van der Waals surface area contributed by atoms with E-state index in [0.717, 1.165) is 24.5 Å². The normalized spacial score (nSPS) is 11.8. The van der Waals surface area contributed by atoms with Crippen LogP contribution in [-0.4, -0.2) is 16.0 Å². The van der Waals surface area contributed by atoms with Crippen molar-refractivity contribution in [1.29, 1.82) is 0 Å². The van der Waals surface area contributed by atoms with Gasteiger partial charge in [-0.2, -0.15) is 4.98 Å². The minimum absolute atomic E-state index is 0.377. The third-order valence-electron chi connectivity index (χ3n) is 4.14. The molecule has 0 aliphatic rings. The molecule has 1 heterocycles. The van der Waals surface area contributed by atoms with Crippen molar-refractivity contribution in [2.75, 3.05) is 10.2 Å². The largest absolute Gasteiger partial charge is 0.367 e. The number of nitrogens with one attached hydrogen (secondary N) is 1. The first kappa shape index (κ1) is 17.0. The monoisotopic (exact) mass is 332 g/mol. The molecule has 2 aromatic carbocycles. The second-order valence-electron chi connectivity index (χ2n) is 6.10. The summed E-state index contributed by atoms with van der Waals surface area (Å²) in [5.41, 5.74) is 2.29. The summed E-state index contributed by atoms with van der Waals surface area (Å²) in [4.78, 5) is 11.4. The Labute approximate surface area is 149 Å². The Balaban J connectivity index is 1.93. The average molecular weight is 332 g/mol. The van der Waals surface area contributed by atoms with Gasteiger partial charge in [0.05, 0.1) is 6.54 Å². The van der Waals surface area contributed by atoms with Gasteiger partial charge >= 0.3 is 0 Å². The van der Waals surface area contributed by atoms with Crippen LogP contribution in [-0.2, 0) is 6.54 Å². The van der Waals surface area contributed by atoms with E-state index in [1.165, 1.54) is 5.56 Å². The maximum atomic E-state index is 4.74. The predicted molar refractivity (Wildman–Crippen MR) is 104 cm³/mol. The number of anilines is 3. The molecule has 25 heavy (non-hydrogen) atoms. The number of nitrogens with zero attached hydrogens (tertiary/aromatic N) is 3. The maximum Gasteiger partial charge on any atom is 0.232 e. The lowest BCUT2D eigenvalue weighted by Gasteiger charge is -2.23. The van der Waals surface area contributed by atoms with E-state index in [0.29, 0.717) is 12.0 Å². The van der Waals surface area contributed by atoms with Crippen molar-refractivity contribution < 1.29 is 0 Å². The quantitative estimate of drug-likeness (QED) is 0.659. The molecular weight excluding hydrogens is 308 g/mol. The summed E-state index contributed by atoms with van der Waals surface area (Å²) in [6.45, 7) is 5.03. The van der Waals surface area contributed by atoms with Crippen LogP contribution in [0.15, 0.2) is 72.9 Å². The van der Waals surface area contributed by atoms with E-state index < -0.39 is 0 Å².